The number of carbonyl (C=O) groups is 2. The minimum absolute atomic E-state index is 0.299. The van der Waals surface area contributed by atoms with Crippen LogP contribution >= 0.6 is 0 Å². The number of hydrogen-bond acceptors (Lipinski definition) is 4. The summed E-state index contributed by atoms with van der Waals surface area (Å²) in [5, 5.41) is 14.4. The normalized spacial score (nSPS) is 17.4. The molecule has 2 amide bonds. The summed E-state index contributed by atoms with van der Waals surface area (Å²) >= 11 is 0. The largest absolute Gasteiger partial charge is 0.394 e. The van der Waals surface area contributed by atoms with Crippen molar-refractivity contribution >= 4 is 11.8 Å². The van der Waals surface area contributed by atoms with Gasteiger partial charge in [0.1, 0.15) is 6.04 Å². The highest BCUT2D eigenvalue weighted by molar-refractivity contribution is 5.96. The maximum atomic E-state index is 11.8. The first-order valence-electron chi connectivity index (χ1n) is 5.06. The van der Waals surface area contributed by atoms with Crippen molar-refractivity contribution in [3.63, 3.8) is 0 Å². The number of carbonyl (C=O) groups excluding carboxylic acids is 2. The van der Waals surface area contributed by atoms with Crippen LogP contribution in [0, 0.1) is 12.3 Å². The van der Waals surface area contributed by atoms with E-state index in [-0.39, 0.29) is 5.91 Å². The number of nitrogens with one attached hydrogen (secondary N) is 2. The Bertz CT molecular complexity index is 305. The van der Waals surface area contributed by atoms with E-state index < -0.39 is 18.6 Å². The van der Waals surface area contributed by atoms with Crippen molar-refractivity contribution in [2.24, 2.45) is 0 Å². The van der Waals surface area contributed by atoms with Gasteiger partial charge in [-0.25, -0.2) is 0 Å². The summed E-state index contributed by atoms with van der Waals surface area (Å²) in [7, 11) is 0. The van der Waals surface area contributed by atoms with E-state index in [1.165, 1.54) is 0 Å². The monoisotopic (exact) mass is 225 g/mol. The molecule has 3 N–H and O–H groups in total. The van der Waals surface area contributed by atoms with Gasteiger partial charge in [0, 0.05) is 26.2 Å². The van der Waals surface area contributed by atoms with Crippen LogP contribution in [0.25, 0.3) is 0 Å². The lowest BCUT2D eigenvalue weighted by molar-refractivity contribution is -0.137. The third-order valence-corrected chi connectivity index (χ3v) is 2.35. The molecule has 0 aromatic carbocycles. The highest BCUT2D eigenvalue weighted by Gasteiger charge is 2.25. The zero-order valence-corrected chi connectivity index (χ0v) is 8.90. The van der Waals surface area contributed by atoms with Crippen LogP contribution in [0.5, 0.6) is 0 Å². The molecule has 1 heterocycles. The summed E-state index contributed by atoms with van der Waals surface area (Å²) in [5.41, 5.74) is 0. The molecule has 0 aliphatic carbocycles. The molecule has 1 fully saturated rings. The van der Waals surface area contributed by atoms with Gasteiger partial charge in [-0.05, 0) is 5.92 Å². The van der Waals surface area contributed by atoms with E-state index in [9.17, 15) is 9.59 Å². The van der Waals surface area contributed by atoms with E-state index in [4.69, 9.17) is 11.5 Å². The van der Waals surface area contributed by atoms with Gasteiger partial charge in [0.2, 0.25) is 5.91 Å². The molecule has 0 aromatic rings. The fraction of sp³-hybridized carbons (Fsp3) is 0.600. The van der Waals surface area contributed by atoms with Gasteiger partial charge in [0.25, 0.3) is 5.91 Å². The predicted octanol–water partition coefficient (Wildman–Crippen LogP) is -2.47. The number of amides is 2. The summed E-state index contributed by atoms with van der Waals surface area (Å²) in [5.74, 6) is 0.853. The first-order chi connectivity index (χ1) is 7.69. The number of piperazine rings is 1. The third kappa shape index (κ3) is 3.22. The average Bonchev–Trinajstić information content (AvgIpc) is 2.35. The first kappa shape index (κ1) is 12.5. The molecule has 0 spiro atoms. The molecule has 88 valence electrons. The fourth-order valence-electron chi connectivity index (χ4n) is 1.49. The second kappa shape index (κ2) is 6.10. The Balaban J connectivity index is 2.54. The van der Waals surface area contributed by atoms with Crippen LogP contribution < -0.4 is 10.6 Å². The summed E-state index contributed by atoms with van der Waals surface area (Å²) in [6.45, 7) is 2.12. The van der Waals surface area contributed by atoms with Crippen LogP contribution in [0.2, 0.25) is 0 Å². The number of aliphatic hydroxyl groups is 1. The molecule has 6 heteroatoms. The molecule has 1 unspecified atom stereocenters. The number of hydrogen-bond donors (Lipinski definition) is 3. The van der Waals surface area contributed by atoms with Gasteiger partial charge in [-0.2, -0.15) is 0 Å². The number of terminal acetylenes is 1. The van der Waals surface area contributed by atoms with Crippen molar-refractivity contribution in [3.8, 4) is 12.3 Å². The van der Waals surface area contributed by atoms with Crippen LogP contribution in [-0.2, 0) is 9.59 Å². The van der Waals surface area contributed by atoms with E-state index in [1.807, 2.05) is 5.92 Å². The summed E-state index contributed by atoms with van der Waals surface area (Å²) in [6.07, 6.45) is 4.88. The van der Waals surface area contributed by atoms with Crippen molar-refractivity contribution in [3.05, 3.63) is 0 Å². The standard InChI is InChI=1S/C10H15N3O3/c1-2-9(15)12-8(7-14)10(16)13-5-3-11-4-6-13/h1,8,11,14H,3-7H2,(H,12,15). The van der Waals surface area contributed by atoms with Gasteiger partial charge < -0.3 is 20.6 Å². The van der Waals surface area contributed by atoms with Crippen LogP contribution in [0.4, 0.5) is 0 Å². The van der Waals surface area contributed by atoms with Crippen LogP contribution in [0.1, 0.15) is 0 Å². The van der Waals surface area contributed by atoms with Gasteiger partial charge >= 0.3 is 0 Å². The molecule has 6 nitrogen and oxygen atoms in total. The maximum Gasteiger partial charge on any atom is 0.296 e. The Morgan fingerprint density at radius 3 is 2.62 bits per heavy atom. The number of aliphatic hydroxyl groups excluding tert-OH is 1. The average molecular weight is 225 g/mol. The summed E-state index contributed by atoms with van der Waals surface area (Å²) in [6, 6.07) is -0.943. The molecular weight excluding hydrogens is 210 g/mol. The summed E-state index contributed by atoms with van der Waals surface area (Å²) < 4.78 is 0. The smallest absolute Gasteiger partial charge is 0.296 e. The minimum Gasteiger partial charge on any atom is -0.394 e. The molecule has 0 aromatic heterocycles. The highest BCUT2D eigenvalue weighted by Crippen LogP contribution is 1.97. The molecule has 0 saturated carbocycles. The second-order valence-corrected chi connectivity index (χ2v) is 3.43. The Kier molecular flexibility index (Phi) is 4.76. The molecular formula is C10H15N3O3. The molecule has 0 radical (unpaired) electrons. The predicted molar refractivity (Wildman–Crippen MR) is 57.3 cm³/mol. The van der Waals surface area contributed by atoms with E-state index in [2.05, 4.69) is 10.6 Å². The Morgan fingerprint density at radius 2 is 2.12 bits per heavy atom. The highest BCUT2D eigenvalue weighted by atomic mass is 16.3. The summed E-state index contributed by atoms with van der Waals surface area (Å²) in [4.78, 5) is 24.4. The molecule has 1 atom stereocenters. The lowest BCUT2D eigenvalue weighted by Crippen LogP contribution is -2.55. The van der Waals surface area contributed by atoms with Crippen LogP contribution in [-0.4, -0.2) is 60.6 Å². The van der Waals surface area contributed by atoms with E-state index >= 15 is 0 Å². The maximum absolute atomic E-state index is 11.8. The second-order valence-electron chi connectivity index (χ2n) is 3.43. The lowest BCUT2D eigenvalue weighted by Gasteiger charge is -2.30. The molecule has 1 saturated heterocycles. The Labute approximate surface area is 94.0 Å². The van der Waals surface area contributed by atoms with Crippen LogP contribution in [0.15, 0.2) is 0 Å². The fourth-order valence-corrected chi connectivity index (χ4v) is 1.49. The minimum atomic E-state index is -0.943. The molecule has 1 aliphatic heterocycles. The van der Waals surface area contributed by atoms with Crippen molar-refractivity contribution in [1.82, 2.24) is 15.5 Å². The zero-order chi connectivity index (χ0) is 12.0. The van der Waals surface area contributed by atoms with Gasteiger partial charge in [-0.15, -0.1) is 6.42 Å². The van der Waals surface area contributed by atoms with Gasteiger partial charge in [0.15, 0.2) is 0 Å². The third-order valence-electron chi connectivity index (χ3n) is 2.35. The van der Waals surface area contributed by atoms with E-state index in [0.29, 0.717) is 26.2 Å². The van der Waals surface area contributed by atoms with Gasteiger partial charge in [-0.1, -0.05) is 0 Å². The van der Waals surface area contributed by atoms with Crippen molar-refractivity contribution in [2.45, 2.75) is 6.04 Å². The quantitative estimate of drug-likeness (QED) is 0.465. The molecule has 0 bridgehead atoms. The SMILES string of the molecule is C#CC(=O)NC(CO)C(=O)N1CCNCC1. The van der Waals surface area contributed by atoms with Crippen molar-refractivity contribution in [1.29, 1.82) is 0 Å². The molecule has 16 heavy (non-hydrogen) atoms. The topological polar surface area (TPSA) is 81.7 Å². The van der Waals surface area contributed by atoms with Gasteiger partial charge in [-0.3, -0.25) is 9.59 Å². The van der Waals surface area contributed by atoms with E-state index in [1.54, 1.807) is 4.90 Å². The first-order valence-corrected chi connectivity index (χ1v) is 5.06. The number of nitrogens with zero attached hydrogens (tertiary/aromatic N) is 1. The Morgan fingerprint density at radius 1 is 1.50 bits per heavy atom. The lowest BCUT2D eigenvalue weighted by atomic mass is 10.2. The molecule has 1 rings (SSSR count). The van der Waals surface area contributed by atoms with Gasteiger partial charge in [0.05, 0.1) is 6.61 Å². The van der Waals surface area contributed by atoms with E-state index in [0.717, 1.165) is 0 Å². The Hall–Kier alpha value is -1.58. The molecule has 1 aliphatic rings. The van der Waals surface area contributed by atoms with Crippen molar-refractivity contribution in [2.75, 3.05) is 32.8 Å². The zero-order valence-electron chi connectivity index (χ0n) is 8.90. The van der Waals surface area contributed by atoms with Crippen LogP contribution in [0.3, 0.4) is 0 Å². The van der Waals surface area contributed by atoms with Crippen molar-refractivity contribution < 1.29 is 14.7 Å². The number of rotatable bonds is 3.